The third kappa shape index (κ3) is 4.41. The maximum Gasteiger partial charge on any atom is 0.265 e. The molecule has 156 valence electrons. The molecule has 2 aromatic carbocycles. The number of aromatic hydroxyl groups is 1. The number of carbonyl (C=O) groups excluding carboxylic acids is 1. The molecule has 3 rings (SSSR count). The summed E-state index contributed by atoms with van der Waals surface area (Å²) in [5.41, 5.74) is 5.21. The van der Waals surface area contributed by atoms with Gasteiger partial charge in [-0.2, -0.15) is 5.10 Å². The summed E-state index contributed by atoms with van der Waals surface area (Å²) in [6, 6.07) is 12.6. The molecule has 0 bridgehead atoms. The third-order valence-corrected chi connectivity index (χ3v) is 5.09. The van der Waals surface area contributed by atoms with E-state index in [-0.39, 0.29) is 17.3 Å². The van der Waals surface area contributed by atoms with Crippen molar-refractivity contribution in [1.29, 1.82) is 0 Å². The molecule has 0 atom stereocenters. The van der Waals surface area contributed by atoms with Crippen molar-refractivity contribution in [3.63, 3.8) is 0 Å². The Morgan fingerprint density at radius 2 is 1.83 bits per heavy atom. The van der Waals surface area contributed by atoms with E-state index < -0.39 is 0 Å². The highest BCUT2D eigenvalue weighted by atomic mass is 16.3. The molecule has 0 fully saturated rings. The van der Waals surface area contributed by atoms with Gasteiger partial charge < -0.3 is 10.0 Å². The molecular formula is C23H27N4O3+. The number of fused-ring (bicyclic) bond motifs is 1. The minimum Gasteiger partial charge on any atom is -0.494 e. The Kier molecular flexibility index (Phi) is 6.32. The van der Waals surface area contributed by atoms with Crippen molar-refractivity contribution in [3.05, 3.63) is 69.5 Å². The quantitative estimate of drug-likeness (QED) is 0.425. The van der Waals surface area contributed by atoms with Gasteiger partial charge in [0, 0.05) is 10.8 Å². The van der Waals surface area contributed by atoms with Gasteiger partial charge in [0.1, 0.15) is 0 Å². The molecular weight excluding hydrogens is 380 g/mol. The Hall–Kier alpha value is -3.45. The minimum absolute atomic E-state index is 0.210. The molecule has 7 nitrogen and oxygen atoms in total. The first kappa shape index (κ1) is 21.3. The standard InChI is InChI=1S/C23H26N4O3/c1-15-9-10-17(13-16(15)2)27-22(29)19-8-6-5-7-18(19)20(23(27)30)14-24-25-21(28)11-12-26(3)4/h5-10,13-14,30H,11-12H2,1-4H3,(H,25,28)/p+1/b24-14+. The zero-order chi connectivity index (χ0) is 21.8. The van der Waals surface area contributed by atoms with Crippen molar-refractivity contribution in [2.24, 2.45) is 5.10 Å². The van der Waals surface area contributed by atoms with Gasteiger partial charge in [-0.05, 0) is 43.2 Å². The fraction of sp³-hybridized carbons (Fsp3) is 0.261. The number of benzene rings is 2. The van der Waals surface area contributed by atoms with E-state index >= 15 is 0 Å². The molecule has 0 radical (unpaired) electrons. The molecule has 1 amide bonds. The van der Waals surface area contributed by atoms with Crippen LogP contribution in [-0.2, 0) is 4.79 Å². The topological polar surface area (TPSA) is 88.1 Å². The van der Waals surface area contributed by atoms with E-state index in [1.807, 2.05) is 40.1 Å². The minimum atomic E-state index is -0.318. The van der Waals surface area contributed by atoms with Gasteiger partial charge in [-0.3, -0.25) is 9.59 Å². The fourth-order valence-corrected chi connectivity index (χ4v) is 3.18. The molecule has 0 unspecified atom stereocenters. The second kappa shape index (κ2) is 8.92. The highest BCUT2D eigenvalue weighted by molar-refractivity contribution is 6.02. The largest absolute Gasteiger partial charge is 0.494 e. The molecule has 1 aromatic heterocycles. The molecule has 7 heteroatoms. The number of aromatic nitrogens is 1. The molecule has 0 aliphatic carbocycles. The van der Waals surface area contributed by atoms with Gasteiger partial charge in [-0.1, -0.05) is 24.3 Å². The number of rotatable bonds is 6. The first-order valence-electron chi connectivity index (χ1n) is 9.85. The van der Waals surface area contributed by atoms with Crippen LogP contribution in [0.4, 0.5) is 0 Å². The van der Waals surface area contributed by atoms with Gasteiger partial charge in [-0.15, -0.1) is 0 Å². The second-order valence-electron chi connectivity index (χ2n) is 7.69. The van der Waals surface area contributed by atoms with Crippen LogP contribution in [0.3, 0.4) is 0 Å². The van der Waals surface area contributed by atoms with Crippen molar-refractivity contribution >= 4 is 22.9 Å². The van der Waals surface area contributed by atoms with E-state index in [0.717, 1.165) is 11.1 Å². The van der Waals surface area contributed by atoms with Gasteiger partial charge in [0.25, 0.3) is 5.56 Å². The van der Waals surface area contributed by atoms with Crippen LogP contribution in [0, 0.1) is 13.8 Å². The van der Waals surface area contributed by atoms with Crippen molar-refractivity contribution in [3.8, 4) is 11.6 Å². The van der Waals surface area contributed by atoms with Crippen molar-refractivity contribution in [2.75, 3.05) is 20.6 Å². The number of nitrogens with zero attached hydrogens (tertiary/aromatic N) is 2. The number of pyridine rings is 1. The number of nitrogens with one attached hydrogen (secondary N) is 2. The molecule has 0 aliphatic rings. The predicted octanol–water partition coefficient (Wildman–Crippen LogP) is 1.30. The lowest BCUT2D eigenvalue weighted by Crippen LogP contribution is -3.05. The molecule has 0 saturated carbocycles. The number of hydrogen-bond donors (Lipinski definition) is 3. The van der Waals surface area contributed by atoms with Crippen LogP contribution >= 0.6 is 0 Å². The number of hydrazone groups is 1. The fourth-order valence-electron chi connectivity index (χ4n) is 3.18. The molecule has 3 aromatic rings. The average molecular weight is 407 g/mol. The molecule has 0 saturated heterocycles. The van der Waals surface area contributed by atoms with Gasteiger partial charge in [0.05, 0.1) is 44.5 Å². The first-order chi connectivity index (χ1) is 14.3. The zero-order valence-corrected chi connectivity index (χ0v) is 17.7. The lowest BCUT2D eigenvalue weighted by atomic mass is 10.1. The number of hydrogen-bond acceptors (Lipinski definition) is 4. The van der Waals surface area contributed by atoms with Crippen LogP contribution in [0.15, 0.2) is 52.4 Å². The van der Waals surface area contributed by atoms with Gasteiger partial charge in [-0.25, -0.2) is 9.99 Å². The highest BCUT2D eigenvalue weighted by Crippen LogP contribution is 2.26. The monoisotopic (exact) mass is 407 g/mol. The summed E-state index contributed by atoms with van der Waals surface area (Å²) >= 11 is 0. The van der Waals surface area contributed by atoms with Crippen LogP contribution in [0.1, 0.15) is 23.1 Å². The smallest absolute Gasteiger partial charge is 0.265 e. The van der Waals surface area contributed by atoms with Crippen molar-refractivity contribution in [1.82, 2.24) is 9.99 Å². The van der Waals surface area contributed by atoms with E-state index in [0.29, 0.717) is 35.0 Å². The molecule has 0 aliphatic heterocycles. The summed E-state index contributed by atoms with van der Waals surface area (Å²) < 4.78 is 1.27. The highest BCUT2D eigenvalue weighted by Gasteiger charge is 2.16. The van der Waals surface area contributed by atoms with Crippen LogP contribution in [0.25, 0.3) is 16.5 Å². The van der Waals surface area contributed by atoms with Crippen LogP contribution < -0.4 is 15.9 Å². The van der Waals surface area contributed by atoms with Gasteiger partial charge in [0.15, 0.2) is 0 Å². The molecule has 1 heterocycles. The van der Waals surface area contributed by atoms with Crippen molar-refractivity contribution < 1.29 is 14.8 Å². The average Bonchev–Trinajstić information content (AvgIpc) is 2.71. The number of aryl methyl sites for hydroxylation is 2. The van der Waals surface area contributed by atoms with Gasteiger partial charge >= 0.3 is 0 Å². The van der Waals surface area contributed by atoms with Crippen molar-refractivity contribution in [2.45, 2.75) is 20.3 Å². The van der Waals surface area contributed by atoms with Crippen LogP contribution in [0.5, 0.6) is 5.88 Å². The summed E-state index contributed by atoms with van der Waals surface area (Å²) in [5, 5.41) is 16.0. The van der Waals surface area contributed by atoms with E-state index in [4.69, 9.17) is 0 Å². The van der Waals surface area contributed by atoms with E-state index in [1.165, 1.54) is 15.7 Å². The number of quaternary nitrogens is 1. The molecule has 3 N–H and O–H groups in total. The summed E-state index contributed by atoms with van der Waals surface area (Å²) in [6.45, 7) is 4.63. The Bertz CT molecular complexity index is 1180. The van der Waals surface area contributed by atoms with Gasteiger partial charge in [0.2, 0.25) is 11.8 Å². The Labute approximate surface area is 175 Å². The zero-order valence-electron chi connectivity index (χ0n) is 17.7. The Morgan fingerprint density at radius 1 is 1.13 bits per heavy atom. The van der Waals surface area contributed by atoms with Crippen LogP contribution in [-0.4, -0.2) is 42.4 Å². The molecule has 30 heavy (non-hydrogen) atoms. The number of carbonyl (C=O) groups is 1. The lowest BCUT2D eigenvalue weighted by Gasteiger charge is -2.14. The maximum atomic E-state index is 13.1. The van der Waals surface area contributed by atoms with E-state index in [1.54, 1.807) is 30.3 Å². The molecule has 0 spiro atoms. The second-order valence-corrected chi connectivity index (χ2v) is 7.69. The third-order valence-electron chi connectivity index (χ3n) is 5.09. The lowest BCUT2D eigenvalue weighted by molar-refractivity contribution is -0.857. The van der Waals surface area contributed by atoms with E-state index in [2.05, 4.69) is 10.5 Å². The maximum absolute atomic E-state index is 13.1. The Balaban J connectivity index is 2.08. The summed E-state index contributed by atoms with van der Waals surface area (Å²) in [6.07, 6.45) is 1.73. The summed E-state index contributed by atoms with van der Waals surface area (Å²) in [5.74, 6) is -0.434. The first-order valence-corrected chi connectivity index (χ1v) is 9.85. The van der Waals surface area contributed by atoms with E-state index in [9.17, 15) is 14.7 Å². The predicted molar refractivity (Wildman–Crippen MR) is 119 cm³/mol. The summed E-state index contributed by atoms with van der Waals surface area (Å²) in [7, 11) is 3.94. The normalized spacial score (nSPS) is 11.5. The summed E-state index contributed by atoms with van der Waals surface area (Å²) in [4.78, 5) is 26.2. The SMILES string of the molecule is Cc1ccc(-n2c(O)c(/C=N/NC(=O)CC[NH+](C)C)c3ccccc3c2=O)cc1C. The number of amides is 1. The van der Waals surface area contributed by atoms with Crippen LogP contribution in [0.2, 0.25) is 0 Å². The Morgan fingerprint density at radius 3 is 2.50 bits per heavy atom.